The van der Waals surface area contributed by atoms with Crippen molar-refractivity contribution in [3.8, 4) is 0 Å². The molecule has 0 bridgehead atoms. The molecule has 0 saturated carbocycles. The second-order valence-corrected chi connectivity index (χ2v) is 5.42. The Bertz CT molecular complexity index is 642. The van der Waals surface area contributed by atoms with Crippen LogP contribution in [-0.2, 0) is 13.0 Å². The van der Waals surface area contributed by atoms with Crippen molar-refractivity contribution in [3.05, 3.63) is 53.6 Å². The number of aromatic nitrogens is 2. The minimum atomic E-state index is -0.206. The molecule has 0 aliphatic heterocycles. The predicted octanol–water partition coefficient (Wildman–Crippen LogP) is 2.40. The SMILES string of the molecule is O=C(NCCCn1cccn1)NC1CCc2c(F)cccc21. The summed E-state index contributed by atoms with van der Waals surface area (Å²) in [5, 5.41) is 9.85. The van der Waals surface area contributed by atoms with Gasteiger partial charge in [-0.2, -0.15) is 5.10 Å². The molecule has 0 fully saturated rings. The highest BCUT2D eigenvalue weighted by Crippen LogP contribution is 2.32. The predicted molar refractivity (Wildman–Crippen MR) is 80.8 cm³/mol. The Morgan fingerprint density at radius 2 is 2.32 bits per heavy atom. The molecular formula is C16H19FN4O. The second-order valence-electron chi connectivity index (χ2n) is 5.42. The highest BCUT2D eigenvalue weighted by Gasteiger charge is 2.25. The van der Waals surface area contributed by atoms with Gasteiger partial charge < -0.3 is 10.6 Å². The molecule has 1 aromatic carbocycles. The number of amides is 2. The molecule has 1 atom stereocenters. The minimum absolute atomic E-state index is 0.100. The third kappa shape index (κ3) is 3.27. The van der Waals surface area contributed by atoms with E-state index in [2.05, 4.69) is 15.7 Å². The zero-order valence-electron chi connectivity index (χ0n) is 12.3. The average Bonchev–Trinajstić information content (AvgIpc) is 3.15. The second kappa shape index (κ2) is 6.60. The Labute approximate surface area is 128 Å². The van der Waals surface area contributed by atoms with E-state index >= 15 is 0 Å². The zero-order valence-corrected chi connectivity index (χ0v) is 12.3. The highest BCUT2D eigenvalue weighted by molar-refractivity contribution is 5.74. The van der Waals surface area contributed by atoms with Crippen LogP contribution in [0.3, 0.4) is 0 Å². The average molecular weight is 302 g/mol. The van der Waals surface area contributed by atoms with Crippen molar-refractivity contribution < 1.29 is 9.18 Å². The minimum Gasteiger partial charge on any atom is -0.338 e. The standard InChI is InChI=1S/C16H19FN4O/c17-14-5-1-4-13-12(14)6-7-15(13)20-16(22)18-8-2-10-21-11-3-9-19-21/h1,3-5,9,11,15H,2,6-8,10H2,(H2,18,20,22). The molecule has 0 saturated heterocycles. The normalized spacial score (nSPS) is 16.3. The number of nitrogens with zero attached hydrogens (tertiary/aromatic N) is 2. The first kappa shape index (κ1) is 14.6. The van der Waals surface area contributed by atoms with E-state index < -0.39 is 0 Å². The summed E-state index contributed by atoms with van der Waals surface area (Å²) in [5.74, 6) is -0.179. The number of carbonyl (C=O) groups excluding carboxylic acids is 1. The number of fused-ring (bicyclic) bond motifs is 1. The molecule has 1 aromatic heterocycles. The Morgan fingerprint density at radius 3 is 3.14 bits per heavy atom. The number of carbonyl (C=O) groups is 1. The van der Waals surface area contributed by atoms with E-state index in [-0.39, 0.29) is 17.9 Å². The summed E-state index contributed by atoms with van der Waals surface area (Å²) in [7, 11) is 0. The van der Waals surface area contributed by atoms with E-state index in [1.54, 1.807) is 12.3 Å². The maximum absolute atomic E-state index is 13.6. The van der Waals surface area contributed by atoms with Crippen LogP contribution in [0.15, 0.2) is 36.7 Å². The van der Waals surface area contributed by atoms with Crippen LogP contribution >= 0.6 is 0 Å². The van der Waals surface area contributed by atoms with Crippen LogP contribution in [0, 0.1) is 5.82 Å². The van der Waals surface area contributed by atoms with Crippen molar-refractivity contribution >= 4 is 6.03 Å². The van der Waals surface area contributed by atoms with Crippen LogP contribution < -0.4 is 10.6 Å². The molecule has 1 aliphatic rings. The fourth-order valence-corrected chi connectivity index (χ4v) is 2.84. The number of hydrogen-bond acceptors (Lipinski definition) is 2. The van der Waals surface area contributed by atoms with E-state index in [1.807, 2.05) is 23.0 Å². The summed E-state index contributed by atoms with van der Waals surface area (Å²) in [6.45, 7) is 1.35. The van der Waals surface area contributed by atoms with Crippen LogP contribution in [0.2, 0.25) is 0 Å². The molecule has 1 heterocycles. The fraction of sp³-hybridized carbons (Fsp3) is 0.375. The molecular weight excluding hydrogens is 283 g/mol. The Balaban J connectivity index is 1.44. The first-order valence-corrected chi connectivity index (χ1v) is 7.53. The molecule has 116 valence electrons. The third-order valence-corrected chi connectivity index (χ3v) is 3.93. The molecule has 2 aromatic rings. The van der Waals surface area contributed by atoms with E-state index in [4.69, 9.17) is 0 Å². The van der Waals surface area contributed by atoms with Crippen LogP contribution in [0.4, 0.5) is 9.18 Å². The maximum atomic E-state index is 13.6. The van der Waals surface area contributed by atoms with Gasteiger partial charge in [0, 0.05) is 25.5 Å². The van der Waals surface area contributed by atoms with E-state index in [0.29, 0.717) is 13.0 Å². The molecule has 6 heteroatoms. The van der Waals surface area contributed by atoms with Crippen molar-refractivity contribution in [2.45, 2.75) is 31.8 Å². The lowest BCUT2D eigenvalue weighted by molar-refractivity contribution is 0.236. The Morgan fingerprint density at radius 1 is 1.41 bits per heavy atom. The zero-order chi connectivity index (χ0) is 15.4. The van der Waals surface area contributed by atoms with Gasteiger partial charge >= 0.3 is 6.03 Å². The molecule has 1 unspecified atom stereocenters. The monoisotopic (exact) mass is 302 g/mol. The number of halogens is 1. The van der Waals surface area contributed by atoms with Gasteiger partial charge in [0.2, 0.25) is 0 Å². The van der Waals surface area contributed by atoms with Gasteiger partial charge in [-0.05, 0) is 42.5 Å². The molecule has 0 radical (unpaired) electrons. The van der Waals surface area contributed by atoms with Gasteiger partial charge in [-0.25, -0.2) is 9.18 Å². The molecule has 1 aliphatic carbocycles. The number of benzene rings is 1. The van der Waals surface area contributed by atoms with Crippen molar-refractivity contribution in [1.29, 1.82) is 0 Å². The smallest absolute Gasteiger partial charge is 0.315 e. The van der Waals surface area contributed by atoms with Crippen LogP contribution in [0.5, 0.6) is 0 Å². The van der Waals surface area contributed by atoms with Gasteiger partial charge in [0.1, 0.15) is 5.82 Å². The number of nitrogens with one attached hydrogen (secondary N) is 2. The van der Waals surface area contributed by atoms with Crippen molar-refractivity contribution in [2.24, 2.45) is 0 Å². The number of aryl methyl sites for hydroxylation is 1. The largest absolute Gasteiger partial charge is 0.338 e. The number of hydrogen-bond donors (Lipinski definition) is 2. The Kier molecular flexibility index (Phi) is 4.37. The van der Waals surface area contributed by atoms with Crippen LogP contribution in [-0.4, -0.2) is 22.4 Å². The lowest BCUT2D eigenvalue weighted by Gasteiger charge is -2.15. The van der Waals surface area contributed by atoms with E-state index in [9.17, 15) is 9.18 Å². The van der Waals surface area contributed by atoms with Gasteiger partial charge in [-0.15, -0.1) is 0 Å². The van der Waals surface area contributed by atoms with Crippen LogP contribution in [0.25, 0.3) is 0 Å². The van der Waals surface area contributed by atoms with Gasteiger partial charge in [0.05, 0.1) is 6.04 Å². The van der Waals surface area contributed by atoms with Crippen molar-refractivity contribution in [1.82, 2.24) is 20.4 Å². The summed E-state index contributed by atoms with van der Waals surface area (Å²) < 4.78 is 15.5. The van der Waals surface area contributed by atoms with Crippen molar-refractivity contribution in [3.63, 3.8) is 0 Å². The van der Waals surface area contributed by atoms with Gasteiger partial charge in [0.15, 0.2) is 0 Å². The van der Waals surface area contributed by atoms with Gasteiger partial charge in [0.25, 0.3) is 0 Å². The quantitative estimate of drug-likeness (QED) is 0.833. The van der Waals surface area contributed by atoms with E-state index in [1.165, 1.54) is 6.07 Å². The molecule has 2 N–H and O–H groups in total. The summed E-state index contributed by atoms with van der Waals surface area (Å²) in [5.41, 5.74) is 1.62. The molecule has 3 rings (SSSR count). The summed E-state index contributed by atoms with van der Waals surface area (Å²) in [4.78, 5) is 11.9. The lowest BCUT2D eigenvalue weighted by Crippen LogP contribution is -2.38. The topological polar surface area (TPSA) is 59.0 Å². The Hall–Kier alpha value is -2.37. The fourth-order valence-electron chi connectivity index (χ4n) is 2.84. The first-order chi connectivity index (χ1) is 10.7. The maximum Gasteiger partial charge on any atom is 0.315 e. The third-order valence-electron chi connectivity index (χ3n) is 3.93. The van der Waals surface area contributed by atoms with Gasteiger partial charge in [-0.3, -0.25) is 4.68 Å². The van der Waals surface area contributed by atoms with Gasteiger partial charge in [-0.1, -0.05) is 12.1 Å². The summed E-state index contributed by atoms with van der Waals surface area (Å²) in [6, 6.07) is 6.61. The molecule has 0 spiro atoms. The van der Waals surface area contributed by atoms with E-state index in [0.717, 1.165) is 30.5 Å². The molecule has 22 heavy (non-hydrogen) atoms. The number of rotatable bonds is 5. The van der Waals surface area contributed by atoms with Crippen molar-refractivity contribution in [2.75, 3.05) is 6.54 Å². The summed E-state index contributed by atoms with van der Waals surface area (Å²) >= 11 is 0. The summed E-state index contributed by atoms with van der Waals surface area (Å²) in [6.07, 6.45) is 5.86. The lowest BCUT2D eigenvalue weighted by atomic mass is 10.1. The molecule has 2 amide bonds. The van der Waals surface area contributed by atoms with Crippen LogP contribution in [0.1, 0.15) is 30.0 Å². The highest BCUT2D eigenvalue weighted by atomic mass is 19.1. The molecule has 5 nitrogen and oxygen atoms in total. The first-order valence-electron chi connectivity index (χ1n) is 7.53. The number of urea groups is 1.